The standard InChI is InChI=1S/C5H8S3/c1-3-4(2)8-5(6)7-3/h3-4H,1-2H3/t3-,4-/m1/s1. The maximum atomic E-state index is 5.00. The average molecular weight is 164 g/mol. The van der Waals surface area contributed by atoms with Crippen molar-refractivity contribution in [3.8, 4) is 0 Å². The van der Waals surface area contributed by atoms with Gasteiger partial charge in [-0.2, -0.15) is 0 Å². The highest BCUT2D eigenvalue weighted by Crippen LogP contribution is 2.38. The summed E-state index contributed by atoms with van der Waals surface area (Å²) in [6, 6.07) is 0. The molecule has 0 nitrogen and oxygen atoms in total. The van der Waals surface area contributed by atoms with E-state index in [0.717, 1.165) is 14.0 Å². The first-order valence-corrected chi connectivity index (χ1v) is 4.74. The maximum Gasteiger partial charge on any atom is 0.104 e. The predicted molar refractivity (Wildman–Crippen MR) is 46.7 cm³/mol. The molecule has 1 fully saturated rings. The summed E-state index contributed by atoms with van der Waals surface area (Å²) in [5.41, 5.74) is 0. The van der Waals surface area contributed by atoms with Gasteiger partial charge in [-0.05, 0) is 0 Å². The molecule has 0 radical (unpaired) electrons. The third-order valence-corrected chi connectivity index (χ3v) is 4.50. The summed E-state index contributed by atoms with van der Waals surface area (Å²) in [7, 11) is 0. The van der Waals surface area contributed by atoms with E-state index in [1.54, 1.807) is 0 Å². The Morgan fingerprint density at radius 3 is 1.75 bits per heavy atom. The molecular formula is C5H8S3. The third kappa shape index (κ3) is 1.39. The molecule has 1 aliphatic rings. The molecule has 0 unspecified atom stereocenters. The Balaban J connectivity index is 2.51. The van der Waals surface area contributed by atoms with Gasteiger partial charge in [0.25, 0.3) is 0 Å². The van der Waals surface area contributed by atoms with Crippen molar-refractivity contribution in [1.82, 2.24) is 0 Å². The minimum atomic E-state index is 0.729. The van der Waals surface area contributed by atoms with E-state index in [0.29, 0.717) is 0 Å². The molecule has 0 aromatic heterocycles. The fraction of sp³-hybridized carbons (Fsp3) is 0.800. The zero-order chi connectivity index (χ0) is 6.15. The summed E-state index contributed by atoms with van der Waals surface area (Å²) < 4.78 is 1.12. The van der Waals surface area contributed by atoms with E-state index in [1.807, 2.05) is 23.5 Å². The molecule has 0 aromatic carbocycles. The fourth-order valence-electron chi connectivity index (χ4n) is 0.523. The molecule has 0 amide bonds. The highest BCUT2D eigenvalue weighted by Gasteiger charge is 2.24. The summed E-state index contributed by atoms with van der Waals surface area (Å²) in [5.74, 6) is 0. The molecule has 0 bridgehead atoms. The smallest absolute Gasteiger partial charge is 0.103 e. The van der Waals surface area contributed by atoms with Crippen LogP contribution < -0.4 is 0 Å². The van der Waals surface area contributed by atoms with Crippen molar-refractivity contribution < 1.29 is 0 Å². The van der Waals surface area contributed by atoms with Crippen LogP contribution in [0.4, 0.5) is 0 Å². The van der Waals surface area contributed by atoms with Crippen LogP contribution in [0, 0.1) is 0 Å². The van der Waals surface area contributed by atoms with E-state index in [4.69, 9.17) is 12.2 Å². The predicted octanol–water partition coefficient (Wildman–Crippen LogP) is 2.53. The number of thioether (sulfide) groups is 2. The van der Waals surface area contributed by atoms with E-state index < -0.39 is 0 Å². The summed E-state index contributed by atoms with van der Waals surface area (Å²) in [6.07, 6.45) is 0. The molecule has 0 saturated carbocycles. The quantitative estimate of drug-likeness (QED) is 0.505. The van der Waals surface area contributed by atoms with Crippen molar-refractivity contribution in [2.24, 2.45) is 0 Å². The molecule has 0 aromatic rings. The Bertz CT molecular complexity index is 98.2. The van der Waals surface area contributed by atoms with Crippen LogP contribution >= 0.6 is 35.7 Å². The molecule has 0 aliphatic carbocycles. The van der Waals surface area contributed by atoms with Gasteiger partial charge in [-0.1, -0.05) is 26.1 Å². The van der Waals surface area contributed by atoms with Crippen LogP contribution in [0.1, 0.15) is 13.8 Å². The van der Waals surface area contributed by atoms with Gasteiger partial charge in [0.1, 0.15) is 3.53 Å². The first-order valence-electron chi connectivity index (χ1n) is 2.57. The van der Waals surface area contributed by atoms with E-state index in [2.05, 4.69) is 13.8 Å². The van der Waals surface area contributed by atoms with Gasteiger partial charge < -0.3 is 0 Å². The van der Waals surface area contributed by atoms with Crippen LogP contribution in [0.15, 0.2) is 0 Å². The average Bonchev–Trinajstić information content (AvgIpc) is 1.85. The summed E-state index contributed by atoms with van der Waals surface area (Å²) in [4.78, 5) is 0. The molecule has 46 valence electrons. The molecule has 0 N–H and O–H groups in total. The second-order valence-corrected chi connectivity index (χ2v) is 5.85. The van der Waals surface area contributed by atoms with Gasteiger partial charge >= 0.3 is 0 Å². The van der Waals surface area contributed by atoms with Crippen LogP contribution in [0.5, 0.6) is 0 Å². The number of hydrogen-bond donors (Lipinski definition) is 0. The fourth-order valence-corrected chi connectivity index (χ4v) is 3.89. The summed E-state index contributed by atoms with van der Waals surface area (Å²) in [5, 5.41) is 1.46. The minimum Gasteiger partial charge on any atom is -0.103 e. The Kier molecular flexibility index (Phi) is 2.23. The monoisotopic (exact) mass is 164 g/mol. The Hall–Kier alpha value is 0.790. The lowest BCUT2D eigenvalue weighted by molar-refractivity contribution is 0.941. The number of thiocarbonyl (C=S) groups is 1. The van der Waals surface area contributed by atoms with Crippen molar-refractivity contribution in [2.75, 3.05) is 0 Å². The van der Waals surface area contributed by atoms with Crippen molar-refractivity contribution in [3.63, 3.8) is 0 Å². The van der Waals surface area contributed by atoms with Crippen LogP contribution in [-0.2, 0) is 0 Å². The number of rotatable bonds is 0. The van der Waals surface area contributed by atoms with Gasteiger partial charge in [0.2, 0.25) is 0 Å². The summed E-state index contributed by atoms with van der Waals surface area (Å²) >= 11 is 8.64. The first kappa shape index (κ1) is 6.90. The lowest BCUT2D eigenvalue weighted by atomic mass is 10.4. The third-order valence-electron chi connectivity index (χ3n) is 1.23. The minimum absolute atomic E-state index is 0.729. The van der Waals surface area contributed by atoms with Gasteiger partial charge in [0.05, 0.1) is 0 Å². The van der Waals surface area contributed by atoms with Crippen molar-refractivity contribution >= 4 is 39.3 Å². The van der Waals surface area contributed by atoms with E-state index in [1.165, 1.54) is 0 Å². The first-order chi connectivity index (χ1) is 3.70. The molecule has 1 aliphatic heterocycles. The highest BCUT2D eigenvalue weighted by atomic mass is 32.2. The lowest BCUT2D eigenvalue weighted by Crippen LogP contribution is -2.04. The molecule has 1 rings (SSSR count). The molecule has 3 heteroatoms. The highest BCUT2D eigenvalue weighted by molar-refractivity contribution is 8.49. The van der Waals surface area contributed by atoms with Crippen LogP contribution in [0.25, 0.3) is 0 Å². The molecule has 0 spiro atoms. The SMILES string of the molecule is C[C@H]1SC(=S)S[C@@H]1C. The van der Waals surface area contributed by atoms with Crippen molar-refractivity contribution in [2.45, 2.75) is 24.3 Å². The van der Waals surface area contributed by atoms with Crippen molar-refractivity contribution in [3.05, 3.63) is 0 Å². The zero-order valence-corrected chi connectivity index (χ0v) is 7.33. The Morgan fingerprint density at radius 2 is 1.62 bits per heavy atom. The maximum absolute atomic E-state index is 5.00. The topological polar surface area (TPSA) is 0 Å². The molecule has 1 saturated heterocycles. The van der Waals surface area contributed by atoms with E-state index in [9.17, 15) is 0 Å². The Morgan fingerprint density at radius 1 is 1.25 bits per heavy atom. The Labute approximate surface area is 63.8 Å². The molecule has 8 heavy (non-hydrogen) atoms. The van der Waals surface area contributed by atoms with Gasteiger partial charge in [-0.25, -0.2) is 0 Å². The second-order valence-electron chi connectivity index (χ2n) is 1.90. The van der Waals surface area contributed by atoms with Crippen molar-refractivity contribution in [1.29, 1.82) is 0 Å². The van der Waals surface area contributed by atoms with Crippen LogP contribution in [0.2, 0.25) is 0 Å². The molecule has 2 atom stereocenters. The van der Waals surface area contributed by atoms with Gasteiger partial charge in [0.15, 0.2) is 0 Å². The molecular weight excluding hydrogens is 156 g/mol. The lowest BCUT2D eigenvalue weighted by Gasteiger charge is -2.01. The van der Waals surface area contributed by atoms with Crippen LogP contribution in [-0.4, -0.2) is 14.0 Å². The van der Waals surface area contributed by atoms with Gasteiger partial charge in [-0.15, -0.1) is 23.5 Å². The normalized spacial score (nSPS) is 38.5. The largest absolute Gasteiger partial charge is 0.104 e. The van der Waals surface area contributed by atoms with E-state index >= 15 is 0 Å². The molecule has 1 heterocycles. The summed E-state index contributed by atoms with van der Waals surface area (Å²) in [6.45, 7) is 4.45. The van der Waals surface area contributed by atoms with E-state index in [-0.39, 0.29) is 0 Å². The van der Waals surface area contributed by atoms with Gasteiger partial charge in [-0.3, -0.25) is 0 Å². The van der Waals surface area contributed by atoms with Crippen LogP contribution in [0.3, 0.4) is 0 Å². The second kappa shape index (κ2) is 2.58. The zero-order valence-electron chi connectivity index (χ0n) is 4.88. The van der Waals surface area contributed by atoms with Gasteiger partial charge in [0, 0.05) is 10.5 Å². The number of hydrogen-bond acceptors (Lipinski definition) is 3.